The zero-order valence-electron chi connectivity index (χ0n) is 9.38. The van der Waals surface area contributed by atoms with Gasteiger partial charge in [-0.2, -0.15) is 0 Å². The smallest absolute Gasteiger partial charge is 0.328 e. The molecule has 0 atom stereocenters. The number of carboxylic acids is 1. The number of aliphatic carboxylic acids is 1. The van der Waals surface area contributed by atoms with Gasteiger partial charge in [0.05, 0.1) is 0 Å². The first-order chi connectivity index (χ1) is 8.68. The van der Waals surface area contributed by atoms with Gasteiger partial charge in [-0.15, -0.1) is 0 Å². The third-order valence-electron chi connectivity index (χ3n) is 2.42. The minimum Gasteiger partial charge on any atom is -0.478 e. The van der Waals surface area contributed by atoms with Crippen LogP contribution in [0.1, 0.15) is 5.56 Å². The Balaban J connectivity index is 2.54. The molecule has 2 aromatic rings. The summed E-state index contributed by atoms with van der Waals surface area (Å²) in [6.07, 6.45) is 5.39. The zero-order chi connectivity index (χ0) is 13.0. The van der Waals surface area contributed by atoms with Gasteiger partial charge in [-0.1, -0.05) is 18.2 Å². The van der Waals surface area contributed by atoms with Crippen LogP contribution >= 0.6 is 0 Å². The van der Waals surface area contributed by atoms with Gasteiger partial charge in [-0.25, -0.2) is 9.18 Å². The van der Waals surface area contributed by atoms with Crippen LogP contribution in [0.25, 0.3) is 17.2 Å². The van der Waals surface area contributed by atoms with Crippen molar-refractivity contribution in [3.8, 4) is 11.1 Å². The maximum Gasteiger partial charge on any atom is 0.328 e. The Morgan fingerprint density at radius 1 is 1.28 bits per heavy atom. The zero-order valence-corrected chi connectivity index (χ0v) is 9.38. The molecule has 90 valence electrons. The van der Waals surface area contributed by atoms with Gasteiger partial charge in [0.25, 0.3) is 0 Å². The Kier molecular flexibility index (Phi) is 3.48. The summed E-state index contributed by atoms with van der Waals surface area (Å²) >= 11 is 0. The van der Waals surface area contributed by atoms with Gasteiger partial charge in [0.1, 0.15) is 5.82 Å². The highest BCUT2D eigenvalue weighted by Crippen LogP contribution is 2.26. The molecule has 0 saturated carbocycles. The summed E-state index contributed by atoms with van der Waals surface area (Å²) < 4.78 is 13.7. The lowest BCUT2D eigenvalue weighted by atomic mass is 10.0. The molecule has 0 saturated heterocycles. The molecule has 3 nitrogen and oxygen atoms in total. The normalized spacial score (nSPS) is 10.7. The van der Waals surface area contributed by atoms with Crippen LogP contribution in [0.3, 0.4) is 0 Å². The fraction of sp³-hybridized carbons (Fsp3) is 0. The molecule has 4 heteroatoms. The van der Waals surface area contributed by atoms with Crippen LogP contribution in [-0.4, -0.2) is 16.1 Å². The molecule has 2 rings (SSSR count). The van der Waals surface area contributed by atoms with Gasteiger partial charge in [-0.05, 0) is 23.8 Å². The summed E-state index contributed by atoms with van der Waals surface area (Å²) in [6.45, 7) is 0. The average Bonchev–Trinajstić information content (AvgIpc) is 2.38. The van der Waals surface area contributed by atoms with Crippen LogP contribution in [0.4, 0.5) is 4.39 Å². The van der Waals surface area contributed by atoms with Crippen molar-refractivity contribution in [3.63, 3.8) is 0 Å². The van der Waals surface area contributed by atoms with Crippen molar-refractivity contribution in [1.82, 2.24) is 4.98 Å². The summed E-state index contributed by atoms with van der Waals surface area (Å²) in [6, 6.07) is 8.13. The molecule has 0 bridgehead atoms. The van der Waals surface area contributed by atoms with Gasteiger partial charge < -0.3 is 5.11 Å². The molecule has 0 spiro atoms. The Morgan fingerprint density at radius 2 is 2.11 bits per heavy atom. The highest BCUT2D eigenvalue weighted by molar-refractivity contribution is 5.87. The Bertz CT molecular complexity index is 594. The van der Waals surface area contributed by atoms with Crippen LogP contribution in [0.2, 0.25) is 0 Å². The van der Waals surface area contributed by atoms with Gasteiger partial charge in [-0.3, -0.25) is 4.98 Å². The van der Waals surface area contributed by atoms with Crippen molar-refractivity contribution < 1.29 is 14.3 Å². The molecular weight excluding hydrogens is 233 g/mol. The first-order valence-corrected chi connectivity index (χ1v) is 5.28. The van der Waals surface area contributed by atoms with Crippen molar-refractivity contribution >= 4 is 12.0 Å². The van der Waals surface area contributed by atoms with E-state index in [4.69, 9.17) is 5.11 Å². The second kappa shape index (κ2) is 5.23. The van der Waals surface area contributed by atoms with E-state index in [9.17, 15) is 9.18 Å². The molecule has 1 aromatic carbocycles. The molecule has 18 heavy (non-hydrogen) atoms. The second-order valence-electron chi connectivity index (χ2n) is 3.61. The van der Waals surface area contributed by atoms with E-state index in [1.807, 2.05) is 0 Å². The lowest BCUT2D eigenvalue weighted by molar-refractivity contribution is -0.131. The Labute approximate surface area is 103 Å². The highest BCUT2D eigenvalue weighted by Gasteiger charge is 2.07. The third-order valence-corrected chi connectivity index (χ3v) is 2.42. The van der Waals surface area contributed by atoms with E-state index in [2.05, 4.69) is 4.98 Å². The number of nitrogens with zero attached hydrogens (tertiary/aromatic N) is 1. The molecule has 0 amide bonds. The summed E-state index contributed by atoms with van der Waals surface area (Å²) in [7, 11) is 0. The summed E-state index contributed by atoms with van der Waals surface area (Å²) in [5.41, 5.74) is 1.59. The first-order valence-electron chi connectivity index (χ1n) is 5.28. The van der Waals surface area contributed by atoms with Crippen molar-refractivity contribution in [1.29, 1.82) is 0 Å². The van der Waals surface area contributed by atoms with Gasteiger partial charge in [0.2, 0.25) is 0 Å². The molecule has 1 aromatic heterocycles. The Hall–Kier alpha value is -2.49. The summed E-state index contributed by atoms with van der Waals surface area (Å²) in [5, 5.41) is 8.61. The van der Waals surface area contributed by atoms with Gasteiger partial charge in [0.15, 0.2) is 0 Å². The van der Waals surface area contributed by atoms with Gasteiger partial charge >= 0.3 is 5.97 Å². The largest absolute Gasteiger partial charge is 0.478 e. The number of benzene rings is 1. The summed E-state index contributed by atoms with van der Waals surface area (Å²) in [5.74, 6) is -1.58. The first kappa shape index (κ1) is 12.0. The fourth-order valence-corrected chi connectivity index (χ4v) is 1.63. The van der Waals surface area contributed by atoms with E-state index in [1.54, 1.807) is 36.7 Å². The molecule has 0 aliphatic carbocycles. The SMILES string of the molecule is O=C(O)/C=C/c1c(F)cccc1-c1cccnc1. The standard InChI is InChI=1S/C14H10FNO2/c15-13-5-1-4-11(10-3-2-8-16-9-10)12(13)6-7-14(17)18/h1-9H,(H,17,18)/b7-6+. The molecule has 0 fully saturated rings. The molecule has 0 aliphatic heterocycles. The van der Waals surface area contributed by atoms with E-state index in [0.717, 1.165) is 11.6 Å². The van der Waals surface area contributed by atoms with Crippen molar-refractivity contribution in [2.75, 3.05) is 0 Å². The maximum atomic E-state index is 13.7. The number of carboxylic acid groups (broad SMARTS) is 1. The minimum absolute atomic E-state index is 0.243. The van der Waals surface area contributed by atoms with Crippen LogP contribution in [-0.2, 0) is 4.79 Å². The molecule has 1 heterocycles. The third kappa shape index (κ3) is 2.60. The fourth-order valence-electron chi connectivity index (χ4n) is 1.63. The van der Waals surface area contributed by atoms with E-state index in [1.165, 1.54) is 12.1 Å². The number of aromatic nitrogens is 1. The number of hydrogen-bond acceptors (Lipinski definition) is 2. The molecule has 0 unspecified atom stereocenters. The Morgan fingerprint density at radius 3 is 2.78 bits per heavy atom. The summed E-state index contributed by atoms with van der Waals surface area (Å²) in [4.78, 5) is 14.5. The molecule has 0 aliphatic rings. The van der Waals surface area contributed by atoms with E-state index in [-0.39, 0.29) is 5.56 Å². The lowest BCUT2D eigenvalue weighted by Crippen LogP contribution is -1.91. The predicted molar refractivity (Wildman–Crippen MR) is 66.3 cm³/mol. The molecular formula is C14H10FNO2. The lowest BCUT2D eigenvalue weighted by Gasteiger charge is -2.06. The minimum atomic E-state index is -1.12. The topological polar surface area (TPSA) is 50.2 Å². The van der Waals surface area contributed by atoms with E-state index >= 15 is 0 Å². The number of rotatable bonds is 3. The number of hydrogen-bond donors (Lipinski definition) is 1. The predicted octanol–water partition coefficient (Wildman–Crippen LogP) is 2.99. The monoisotopic (exact) mass is 243 g/mol. The van der Waals surface area contributed by atoms with Crippen LogP contribution in [0.15, 0.2) is 48.8 Å². The van der Waals surface area contributed by atoms with Crippen molar-refractivity contribution in [3.05, 3.63) is 60.2 Å². The van der Waals surface area contributed by atoms with Crippen molar-refractivity contribution in [2.24, 2.45) is 0 Å². The highest BCUT2D eigenvalue weighted by atomic mass is 19.1. The molecule has 0 radical (unpaired) electrons. The number of pyridine rings is 1. The quantitative estimate of drug-likeness (QED) is 0.843. The van der Waals surface area contributed by atoms with Crippen LogP contribution in [0.5, 0.6) is 0 Å². The van der Waals surface area contributed by atoms with Gasteiger partial charge in [0, 0.05) is 29.6 Å². The number of halogens is 1. The van der Waals surface area contributed by atoms with Crippen LogP contribution in [0, 0.1) is 5.82 Å². The number of carbonyl (C=O) groups is 1. The maximum absolute atomic E-state index is 13.7. The molecule has 1 N–H and O–H groups in total. The van der Waals surface area contributed by atoms with E-state index in [0.29, 0.717) is 5.56 Å². The second-order valence-corrected chi connectivity index (χ2v) is 3.61. The average molecular weight is 243 g/mol. The van der Waals surface area contributed by atoms with Crippen LogP contribution < -0.4 is 0 Å². The van der Waals surface area contributed by atoms with Crippen molar-refractivity contribution in [2.45, 2.75) is 0 Å². The van der Waals surface area contributed by atoms with E-state index < -0.39 is 11.8 Å².